The maximum absolute atomic E-state index is 12.4. The van der Waals surface area contributed by atoms with Gasteiger partial charge in [-0.25, -0.2) is 4.79 Å². The Morgan fingerprint density at radius 3 is 2.50 bits per heavy atom. The predicted octanol–water partition coefficient (Wildman–Crippen LogP) is 4.35. The van der Waals surface area contributed by atoms with Crippen LogP contribution in [0.15, 0.2) is 29.2 Å². The van der Waals surface area contributed by atoms with Crippen LogP contribution in [-0.2, 0) is 4.79 Å². The van der Waals surface area contributed by atoms with Gasteiger partial charge >= 0.3 is 6.03 Å². The Labute approximate surface area is 169 Å². The summed E-state index contributed by atoms with van der Waals surface area (Å²) in [6.45, 7) is 5.68. The van der Waals surface area contributed by atoms with Crippen molar-refractivity contribution in [1.82, 2.24) is 10.2 Å². The number of hydrogen-bond donors (Lipinski definition) is 2. The van der Waals surface area contributed by atoms with E-state index in [9.17, 15) is 9.59 Å². The minimum Gasteiger partial charge on any atom is -0.350 e. The van der Waals surface area contributed by atoms with Gasteiger partial charge in [-0.15, -0.1) is 35.0 Å². The number of nitrogens with one attached hydrogen (secondary N) is 2. The lowest BCUT2D eigenvalue weighted by Crippen LogP contribution is -2.47. The van der Waals surface area contributed by atoms with Crippen LogP contribution in [0.25, 0.3) is 0 Å². The second-order valence-corrected chi connectivity index (χ2v) is 10.2. The monoisotopic (exact) mass is 417 g/mol. The molecular formula is C18H25Cl2N3O2S. The fourth-order valence-corrected chi connectivity index (χ4v) is 4.23. The van der Waals surface area contributed by atoms with E-state index in [2.05, 4.69) is 10.6 Å². The SMILES string of the molecule is CN(CC(=O)NC(C)(C)C)C(=O)Nc1ccccc1SCC1CC1(Cl)Cl. The standard InChI is InChI=1S/C18H25Cl2N3O2S/c1-17(2,3)22-15(24)10-23(4)16(25)21-13-7-5-6-8-14(13)26-11-12-9-18(12,19)20/h5-8,12H,9-11H2,1-4H3,(H,21,25)(H,22,24). The molecule has 5 nitrogen and oxygen atoms in total. The Morgan fingerprint density at radius 1 is 1.31 bits per heavy atom. The minimum atomic E-state index is -0.605. The van der Waals surface area contributed by atoms with E-state index in [1.54, 1.807) is 18.8 Å². The zero-order valence-corrected chi connectivity index (χ0v) is 17.8. The van der Waals surface area contributed by atoms with Crippen LogP contribution >= 0.6 is 35.0 Å². The van der Waals surface area contributed by atoms with Crippen molar-refractivity contribution < 1.29 is 9.59 Å². The van der Waals surface area contributed by atoms with E-state index in [4.69, 9.17) is 23.2 Å². The van der Waals surface area contributed by atoms with Crippen molar-refractivity contribution in [3.05, 3.63) is 24.3 Å². The normalized spacial score (nSPS) is 18.2. The topological polar surface area (TPSA) is 61.4 Å². The van der Waals surface area contributed by atoms with Gasteiger partial charge in [-0.05, 0) is 39.3 Å². The quantitative estimate of drug-likeness (QED) is 0.533. The van der Waals surface area contributed by atoms with Crippen LogP contribution in [0.2, 0.25) is 0 Å². The summed E-state index contributed by atoms with van der Waals surface area (Å²) < 4.78 is -0.605. The van der Waals surface area contributed by atoms with E-state index < -0.39 is 4.33 Å². The van der Waals surface area contributed by atoms with Crippen molar-refractivity contribution in [1.29, 1.82) is 0 Å². The molecule has 1 fully saturated rings. The molecule has 0 heterocycles. The molecule has 144 valence electrons. The molecule has 1 atom stereocenters. The summed E-state index contributed by atoms with van der Waals surface area (Å²) >= 11 is 13.8. The molecule has 0 radical (unpaired) electrons. The van der Waals surface area contributed by atoms with Crippen LogP contribution < -0.4 is 10.6 Å². The van der Waals surface area contributed by atoms with E-state index in [0.29, 0.717) is 5.69 Å². The summed E-state index contributed by atoms with van der Waals surface area (Å²) in [6.07, 6.45) is 0.795. The molecule has 0 aliphatic heterocycles. The first kappa shape index (κ1) is 21.2. The molecule has 0 spiro atoms. The highest BCUT2D eigenvalue weighted by molar-refractivity contribution is 7.99. The number of carbonyl (C=O) groups excluding carboxylic acids is 2. The minimum absolute atomic E-state index is 0.0124. The van der Waals surface area contributed by atoms with Gasteiger partial charge in [-0.2, -0.15) is 0 Å². The number of likely N-dealkylation sites (N-methyl/N-ethyl adjacent to an activating group) is 1. The van der Waals surface area contributed by atoms with Crippen LogP contribution in [-0.4, -0.2) is 46.1 Å². The number of hydrogen-bond acceptors (Lipinski definition) is 3. The summed E-state index contributed by atoms with van der Waals surface area (Å²) in [6, 6.07) is 7.22. The highest BCUT2D eigenvalue weighted by atomic mass is 35.5. The summed E-state index contributed by atoms with van der Waals surface area (Å²) in [5.41, 5.74) is 0.376. The molecule has 1 saturated carbocycles. The number of benzene rings is 1. The molecular weight excluding hydrogens is 393 g/mol. The fourth-order valence-electron chi connectivity index (χ4n) is 2.29. The molecule has 8 heteroatoms. The second kappa shape index (κ2) is 8.28. The molecule has 0 bridgehead atoms. The van der Waals surface area contributed by atoms with Crippen LogP contribution in [0.5, 0.6) is 0 Å². The number of rotatable bonds is 6. The van der Waals surface area contributed by atoms with E-state index in [0.717, 1.165) is 17.1 Å². The number of amides is 3. The molecule has 1 aliphatic rings. The summed E-state index contributed by atoms with van der Waals surface area (Å²) in [5, 5.41) is 5.70. The highest BCUT2D eigenvalue weighted by Gasteiger charge is 2.51. The van der Waals surface area contributed by atoms with Gasteiger partial charge in [0.2, 0.25) is 5.91 Å². The Bertz CT molecular complexity index is 677. The van der Waals surface area contributed by atoms with Gasteiger partial charge in [-0.3, -0.25) is 4.79 Å². The summed E-state index contributed by atoms with van der Waals surface area (Å²) in [4.78, 5) is 26.7. The predicted molar refractivity (Wildman–Crippen MR) is 109 cm³/mol. The van der Waals surface area contributed by atoms with Gasteiger partial charge in [0.1, 0.15) is 10.9 Å². The summed E-state index contributed by atoms with van der Waals surface area (Å²) in [7, 11) is 1.59. The molecule has 1 unspecified atom stereocenters. The van der Waals surface area contributed by atoms with Crippen LogP contribution in [0, 0.1) is 5.92 Å². The fraction of sp³-hybridized carbons (Fsp3) is 0.556. The molecule has 1 aliphatic carbocycles. The Hall–Kier alpha value is -1.11. The molecule has 1 aromatic rings. The van der Waals surface area contributed by atoms with Crippen LogP contribution in [0.1, 0.15) is 27.2 Å². The zero-order valence-electron chi connectivity index (χ0n) is 15.4. The Balaban J connectivity index is 1.90. The lowest BCUT2D eigenvalue weighted by Gasteiger charge is -2.23. The van der Waals surface area contributed by atoms with E-state index in [-0.39, 0.29) is 29.9 Å². The molecule has 26 heavy (non-hydrogen) atoms. The van der Waals surface area contributed by atoms with Crippen LogP contribution in [0.4, 0.5) is 10.5 Å². The lowest BCUT2D eigenvalue weighted by molar-refractivity contribution is -0.122. The molecule has 1 aromatic carbocycles. The number of carbonyl (C=O) groups is 2. The molecule has 0 saturated heterocycles. The van der Waals surface area contributed by atoms with Crippen molar-refractivity contribution in [2.45, 2.75) is 42.0 Å². The number of urea groups is 1. The van der Waals surface area contributed by atoms with Crippen LogP contribution in [0.3, 0.4) is 0 Å². The number of nitrogens with zero attached hydrogens (tertiary/aromatic N) is 1. The third-order valence-electron chi connectivity index (χ3n) is 3.77. The third-order valence-corrected chi connectivity index (χ3v) is 5.93. The van der Waals surface area contributed by atoms with E-state index in [1.807, 2.05) is 45.0 Å². The molecule has 0 aromatic heterocycles. The maximum atomic E-state index is 12.4. The molecule has 2 rings (SSSR count). The maximum Gasteiger partial charge on any atom is 0.322 e. The lowest BCUT2D eigenvalue weighted by atomic mass is 10.1. The van der Waals surface area contributed by atoms with Gasteiger partial charge in [0.25, 0.3) is 0 Å². The Kier molecular flexibility index (Phi) is 6.75. The van der Waals surface area contributed by atoms with Gasteiger partial charge in [0, 0.05) is 29.2 Å². The van der Waals surface area contributed by atoms with Crippen molar-refractivity contribution in [2.24, 2.45) is 5.92 Å². The van der Waals surface area contributed by atoms with Gasteiger partial charge in [0.05, 0.1) is 5.69 Å². The number of anilines is 1. The first-order valence-corrected chi connectivity index (χ1v) is 10.1. The van der Waals surface area contributed by atoms with Crippen molar-refractivity contribution in [3.63, 3.8) is 0 Å². The van der Waals surface area contributed by atoms with Gasteiger partial charge in [0.15, 0.2) is 0 Å². The van der Waals surface area contributed by atoms with E-state index in [1.165, 1.54) is 4.90 Å². The Morgan fingerprint density at radius 2 is 1.92 bits per heavy atom. The van der Waals surface area contributed by atoms with Crippen molar-refractivity contribution in [2.75, 3.05) is 24.7 Å². The zero-order chi connectivity index (χ0) is 19.5. The number of thioether (sulfide) groups is 1. The summed E-state index contributed by atoms with van der Waals surface area (Å²) in [5.74, 6) is 0.861. The molecule has 2 N–H and O–H groups in total. The average molecular weight is 418 g/mol. The second-order valence-electron chi connectivity index (χ2n) is 7.55. The van der Waals surface area contributed by atoms with E-state index >= 15 is 0 Å². The molecule has 3 amide bonds. The smallest absolute Gasteiger partial charge is 0.322 e. The third kappa shape index (κ3) is 6.56. The van der Waals surface area contributed by atoms with Crippen molar-refractivity contribution >= 4 is 52.6 Å². The number of para-hydroxylation sites is 1. The van der Waals surface area contributed by atoms with Gasteiger partial charge < -0.3 is 15.5 Å². The van der Waals surface area contributed by atoms with Crippen molar-refractivity contribution in [3.8, 4) is 0 Å². The average Bonchev–Trinajstić information content (AvgIpc) is 3.11. The first-order valence-electron chi connectivity index (χ1n) is 8.41. The first-order chi connectivity index (χ1) is 12.0. The van der Waals surface area contributed by atoms with Gasteiger partial charge in [-0.1, -0.05) is 12.1 Å². The number of halogens is 2. The number of alkyl halides is 2. The highest BCUT2D eigenvalue weighted by Crippen LogP contribution is 2.55. The largest absolute Gasteiger partial charge is 0.350 e.